The van der Waals surface area contributed by atoms with Gasteiger partial charge in [0.05, 0.1) is 11.2 Å². The summed E-state index contributed by atoms with van der Waals surface area (Å²) in [6, 6.07) is 24.8. The predicted octanol–water partition coefficient (Wildman–Crippen LogP) is 6.10. The number of nitrogens with zero attached hydrogens (tertiary/aromatic N) is 1. The van der Waals surface area contributed by atoms with Crippen molar-refractivity contribution < 1.29 is 13.7 Å². The fraction of sp³-hybridized carbons (Fsp3) is 0.222. The van der Waals surface area contributed by atoms with Crippen LogP contribution in [0.1, 0.15) is 27.7 Å². The van der Waals surface area contributed by atoms with Gasteiger partial charge in [-0.2, -0.15) is 0 Å². The quantitative estimate of drug-likeness (QED) is 0.255. The molecule has 1 aromatic heterocycles. The van der Waals surface area contributed by atoms with Crippen molar-refractivity contribution in [1.82, 2.24) is 4.98 Å². The summed E-state index contributed by atoms with van der Waals surface area (Å²) in [7, 11) is -0.409. The normalized spacial score (nSPS) is 17.6. The zero-order chi connectivity index (χ0) is 22.1. The molecule has 0 bridgehead atoms. The van der Waals surface area contributed by atoms with Crippen molar-refractivity contribution in [3.63, 3.8) is 0 Å². The molecule has 0 amide bonds. The Bertz CT molecular complexity index is 1470. The van der Waals surface area contributed by atoms with Crippen LogP contribution in [0.25, 0.3) is 44.1 Å². The van der Waals surface area contributed by atoms with Crippen molar-refractivity contribution in [2.45, 2.75) is 38.9 Å². The molecule has 0 atom stereocenters. The monoisotopic (exact) mass is 421 g/mol. The van der Waals surface area contributed by atoms with Crippen LogP contribution in [0.3, 0.4) is 0 Å². The van der Waals surface area contributed by atoms with Crippen LogP contribution < -0.4 is 5.46 Å². The third-order valence-corrected chi connectivity index (χ3v) is 6.93. The second kappa shape index (κ2) is 6.68. The molecule has 0 N–H and O–H groups in total. The maximum absolute atomic E-state index is 6.33. The van der Waals surface area contributed by atoms with Gasteiger partial charge in [0, 0.05) is 10.9 Å². The van der Waals surface area contributed by atoms with Gasteiger partial charge in [-0.1, -0.05) is 54.6 Å². The summed E-state index contributed by atoms with van der Waals surface area (Å²) >= 11 is 0. The van der Waals surface area contributed by atoms with E-state index in [1.165, 1.54) is 0 Å². The molecule has 158 valence electrons. The van der Waals surface area contributed by atoms with Crippen LogP contribution >= 0.6 is 0 Å². The second-order valence-electron chi connectivity index (χ2n) is 9.53. The maximum Gasteiger partial charge on any atom is 0.494 e. The smallest absolute Gasteiger partial charge is 0.435 e. The number of benzene rings is 4. The average Bonchev–Trinajstić information content (AvgIpc) is 3.31. The van der Waals surface area contributed by atoms with Crippen molar-refractivity contribution in [3.8, 4) is 11.5 Å². The summed E-state index contributed by atoms with van der Waals surface area (Å²) in [6.45, 7) is 8.30. The topological polar surface area (TPSA) is 44.5 Å². The van der Waals surface area contributed by atoms with Crippen molar-refractivity contribution in [2.24, 2.45) is 0 Å². The number of hydrogen-bond acceptors (Lipinski definition) is 4. The maximum atomic E-state index is 6.33. The average molecular weight is 421 g/mol. The molecule has 6 rings (SSSR count). The minimum atomic E-state index is -0.409. The van der Waals surface area contributed by atoms with Crippen molar-refractivity contribution in [2.75, 3.05) is 0 Å². The van der Waals surface area contributed by atoms with Gasteiger partial charge in [0.25, 0.3) is 0 Å². The van der Waals surface area contributed by atoms with Crippen molar-refractivity contribution in [3.05, 3.63) is 72.8 Å². The third kappa shape index (κ3) is 2.89. The van der Waals surface area contributed by atoms with Gasteiger partial charge in [-0.15, -0.1) is 0 Å². The Morgan fingerprint density at radius 1 is 0.750 bits per heavy atom. The van der Waals surface area contributed by atoms with Crippen molar-refractivity contribution >= 4 is 45.2 Å². The molecule has 5 aromatic rings. The summed E-state index contributed by atoms with van der Waals surface area (Å²) in [5, 5.41) is 4.43. The van der Waals surface area contributed by atoms with E-state index in [0.29, 0.717) is 5.89 Å². The Morgan fingerprint density at radius 3 is 2.16 bits per heavy atom. The Balaban J connectivity index is 1.57. The molecule has 5 heteroatoms. The summed E-state index contributed by atoms with van der Waals surface area (Å²) in [5.41, 5.74) is 2.86. The fourth-order valence-electron chi connectivity index (χ4n) is 4.37. The second-order valence-corrected chi connectivity index (χ2v) is 9.53. The molecule has 1 aliphatic heterocycles. The first-order chi connectivity index (χ1) is 15.3. The lowest BCUT2D eigenvalue weighted by molar-refractivity contribution is 0.00578. The highest BCUT2D eigenvalue weighted by molar-refractivity contribution is 6.62. The molecule has 32 heavy (non-hydrogen) atoms. The number of fused-ring (bicyclic) bond motifs is 5. The molecule has 4 nitrogen and oxygen atoms in total. The Morgan fingerprint density at radius 2 is 1.41 bits per heavy atom. The van der Waals surface area contributed by atoms with Crippen LogP contribution in [0, 0.1) is 0 Å². The number of hydrogen-bond donors (Lipinski definition) is 0. The molecule has 0 radical (unpaired) electrons. The standard InChI is InChI=1S/C27H24BNO3/c1-26(2)27(3,4)32-28(31-26)20-14-12-17-10-11-18-13-15-22-24(23(18)21(17)16-20)30-25(29-22)19-8-6-5-7-9-19/h5-16H,1-4H3. The molecule has 1 aliphatic rings. The summed E-state index contributed by atoms with van der Waals surface area (Å²) < 4.78 is 18.9. The van der Waals surface area contributed by atoms with Gasteiger partial charge in [-0.05, 0) is 67.5 Å². The van der Waals surface area contributed by atoms with E-state index < -0.39 is 7.12 Å². The van der Waals surface area contributed by atoms with Crippen LogP contribution in [-0.4, -0.2) is 23.3 Å². The molecule has 0 aliphatic carbocycles. The minimum Gasteiger partial charge on any atom is -0.435 e. The first kappa shape index (κ1) is 19.5. The van der Waals surface area contributed by atoms with Crippen LogP contribution in [0.5, 0.6) is 0 Å². The lowest BCUT2D eigenvalue weighted by Gasteiger charge is -2.32. The number of aromatic nitrogens is 1. The van der Waals surface area contributed by atoms with E-state index in [9.17, 15) is 0 Å². The highest BCUT2D eigenvalue weighted by atomic mass is 16.7. The first-order valence-corrected chi connectivity index (χ1v) is 11.0. The molecule has 0 spiro atoms. The van der Waals surface area contributed by atoms with Gasteiger partial charge < -0.3 is 13.7 Å². The van der Waals surface area contributed by atoms with Gasteiger partial charge in [0.1, 0.15) is 5.52 Å². The lowest BCUT2D eigenvalue weighted by Crippen LogP contribution is -2.41. The van der Waals surface area contributed by atoms with E-state index in [-0.39, 0.29) is 11.2 Å². The zero-order valence-electron chi connectivity index (χ0n) is 18.7. The van der Waals surface area contributed by atoms with Gasteiger partial charge in [-0.3, -0.25) is 0 Å². The lowest BCUT2D eigenvalue weighted by atomic mass is 9.78. The molecule has 1 saturated heterocycles. The minimum absolute atomic E-state index is 0.381. The Hall–Kier alpha value is -3.15. The molecule has 1 fully saturated rings. The molecule has 4 aromatic carbocycles. The Labute approximate surface area is 187 Å². The van der Waals surface area contributed by atoms with E-state index in [4.69, 9.17) is 18.7 Å². The predicted molar refractivity (Wildman–Crippen MR) is 130 cm³/mol. The molecule has 0 unspecified atom stereocenters. The van der Waals surface area contributed by atoms with E-state index in [1.54, 1.807) is 0 Å². The van der Waals surface area contributed by atoms with Crippen LogP contribution in [-0.2, 0) is 9.31 Å². The van der Waals surface area contributed by atoms with E-state index in [2.05, 4.69) is 64.1 Å². The zero-order valence-corrected chi connectivity index (χ0v) is 18.7. The van der Waals surface area contributed by atoms with Gasteiger partial charge in [0.2, 0.25) is 5.89 Å². The van der Waals surface area contributed by atoms with Gasteiger partial charge >= 0.3 is 7.12 Å². The third-order valence-electron chi connectivity index (χ3n) is 6.93. The van der Waals surface area contributed by atoms with E-state index in [1.807, 2.05) is 36.4 Å². The van der Waals surface area contributed by atoms with Crippen molar-refractivity contribution in [1.29, 1.82) is 0 Å². The van der Waals surface area contributed by atoms with Gasteiger partial charge in [0.15, 0.2) is 5.58 Å². The fourth-order valence-corrected chi connectivity index (χ4v) is 4.37. The number of oxazole rings is 1. The van der Waals surface area contributed by atoms with Crippen LogP contribution in [0.4, 0.5) is 0 Å². The van der Waals surface area contributed by atoms with Gasteiger partial charge in [-0.25, -0.2) is 4.98 Å². The highest BCUT2D eigenvalue weighted by Crippen LogP contribution is 2.38. The van der Waals surface area contributed by atoms with E-state index >= 15 is 0 Å². The summed E-state index contributed by atoms with van der Waals surface area (Å²) in [5.74, 6) is 0.632. The van der Waals surface area contributed by atoms with Crippen LogP contribution in [0.2, 0.25) is 0 Å². The highest BCUT2D eigenvalue weighted by Gasteiger charge is 2.51. The molecular formula is C27H24BNO3. The summed E-state index contributed by atoms with van der Waals surface area (Å²) in [4.78, 5) is 4.76. The largest absolute Gasteiger partial charge is 0.494 e. The number of rotatable bonds is 2. The SMILES string of the molecule is CC1(C)OB(c2ccc3ccc4ccc5nc(-c6ccccc6)oc5c4c3c2)OC1(C)C. The molecule has 0 saturated carbocycles. The van der Waals surface area contributed by atoms with Crippen LogP contribution in [0.15, 0.2) is 77.2 Å². The molecular weight excluding hydrogens is 397 g/mol. The summed E-state index contributed by atoms with van der Waals surface area (Å²) in [6.07, 6.45) is 0. The van der Waals surface area contributed by atoms with E-state index in [0.717, 1.165) is 43.7 Å². The first-order valence-electron chi connectivity index (χ1n) is 11.0. The molecule has 2 heterocycles. The Kier molecular flexibility index (Phi) is 4.08.